The summed E-state index contributed by atoms with van der Waals surface area (Å²) in [6.07, 6.45) is 15.8. The second kappa shape index (κ2) is 10.7. The van der Waals surface area contributed by atoms with Gasteiger partial charge in [0, 0.05) is 18.9 Å². The SMILES string of the molecule is C#CCC(CC(C)N1C(=C)C(C(=C)C)=Nc2ccccc21)[N+](C)(C)[C@@H]1CCCC(CCC)C1. The molecule has 178 valence electrons. The molecule has 1 fully saturated rings. The number of hydrogen-bond donors (Lipinski definition) is 0. The Morgan fingerprint density at radius 1 is 1.30 bits per heavy atom. The number of aliphatic imine (C=N–C) groups is 1. The first kappa shape index (κ1) is 25.3. The third-order valence-electron chi connectivity index (χ3n) is 8.08. The fourth-order valence-electron chi connectivity index (χ4n) is 6.11. The van der Waals surface area contributed by atoms with Gasteiger partial charge in [0.15, 0.2) is 0 Å². The van der Waals surface area contributed by atoms with Crippen molar-refractivity contribution in [3.63, 3.8) is 0 Å². The number of rotatable bonds is 9. The van der Waals surface area contributed by atoms with Crippen LogP contribution in [0.4, 0.5) is 11.4 Å². The third kappa shape index (κ3) is 5.44. The van der Waals surface area contributed by atoms with Crippen molar-refractivity contribution in [1.82, 2.24) is 0 Å². The Morgan fingerprint density at radius 2 is 2.03 bits per heavy atom. The van der Waals surface area contributed by atoms with Gasteiger partial charge in [0.25, 0.3) is 0 Å². The van der Waals surface area contributed by atoms with Crippen LogP contribution in [0.1, 0.15) is 72.1 Å². The minimum Gasteiger partial charge on any atom is -0.335 e. The highest BCUT2D eigenvalue weighted by Crippen LogP contribution is 2.40. The number of quaternary nitrogens is 1. The Bertz CT molecular complexity index is 930. The molecule has 1 aromatic rings. The van der Waals surface area contributed by atoms with Gasteiger partial charge in [-0.2, -0.15) is 0 Å². The Balaban J connectivity index is 1.86. The molecule has 2 aliphatic rings. The van der Waals surface area contributed by atoms with E-state index in [1.54, 1.807) is 0 Å². The molecule has 1 saturated carbocycles. The van der Waals surface area contributed by atoms with Crippen LogP contribution >= 0.6 is 0 Å². The van der Waals surface area contributed by atoms with E-state index in [1.807, 2.05) is 13.0 Å². The zero-order valence-electron chi connectivity index (χ0n) is 21.6. The maximum Gasteiger partial charge on any atom is 0.102 e. The molecular weight excluding hydrogens is 402 g/mol. The van der Waals surface area contributed by atoms with E-state index in [0.29, 0.717) is 12.1 Å². The number of hydrogen-bond acceptors (Lipinski definition) is 2. The lowest BCUT2D eigenvalue weighted by molar-refractivity contribution is -0.940. The Morgan fingerprint density at radius 3 is 2.70 bits per heavy atom. The maximum absolute atomic E-state index is 5.93. The molecule has 3 unspecified atom stereocenters. The van der Waals surface area contributed by atoms with Crippen molar-refractivity contribution in [2.75, 3.05) is 19.0 Å². The summed E-state index contributed by atoms with van der Waals surface area (Å²) in [6, 6.07) is 9.72. The van der Waals surface area contributed by atoms with Crippen molar-refractivity contribution < 1.29 is 4.48 Å². The van der Waals surface area contributed by atoms with Crippen LogP contribution in [-0.4, -0.2) is 42.4 Å². The van der Waals surface area contributed by atoms with Crippen molar-refractivity contribution >= 4 is 17.1 Å². The predicted molar refractivity (Wildman–Crippen MR) is 144 cm³/mol. The van der Waals surface area contributed by atoms with Gasteiger partial charge < -0.3 is 9.38 Å². The molecule has 0 amide bonds. The van der Waals surface area contributed by atoms with Gasteiger partial charge in [-0.25, -0.2) is 4.99 Å². The largest absolute Gasteiger partial charge is 0.335 e. The average Bonchev–Trinajstić information content (AvgIpc) is 2.78. The lowest BCUT2D eigenvalue weighted by Gasteiger charge is -2.48. The first-order valence-electron chi connectivity index (χ1n) is 12.8. The second-order valence-corrected chi connectivity index (χ2v) is 10.8. The molecular formula is C30H44N3+. The van der Waals surface area contributed by atoms with Crippen LogP contribution in [-0.2, 0) is 0 Å². The van der Waals surface area contributed by atoms with E-state index in [4.69, 9.17) is 11.4 Å². The zero-order chi connectivity index (χ0) is 24.2. The number of fused-ring (bicyclic) bond motifs is 1. The zero-order valence-corrected chi connectivity index (χ0v) is 21.6. The smallest absolute Gasteiger partial charge is 0.102 e. The second-order valence-electron chi connectivity index (χ2n) is 10.8. The van der Waals surface area contributed by atoms with Gasteiger partial charge in [-0.1, -0.05) is 45.1 Å². The summed E-state index contributed by atoms with van der Waals surface area (Å²) in [5.41, 5.74) is 4.92. The Labute approximate surface area is 202 Å². The van der Waals surface area contributed by atoms with E-state index in [9.17, 15) is 0 Å². The monoisotopic (exact) mass is 446 g/mol. The standard InChI is InChI=1S/C30H44N3/c1-9-14-25-16-13-17-27(21-25)33(7,8)26(15-10-2)20-23(5)32-24(6)30(22(3)4)31-28-18-11-12-19-29(28)32/h2,11-12,18-19,23,25-27H,3,6,9,13-17,20-21H2,1,4-5,7-8H3/q+1/t23?,25?,26?,27-/m1/s1. The van der Waals surface area contributed by atoms with Gasteiger partial charge in [-0.15, -0.1) is 12.3 Å². The van der Waals surface area contributed by atoms with Gasteiger partial charge >= 0.3 is 0 Å². The summed E-state index contributed by atoms with van der Waals surface area (Å²) in [5.74, 6) is 3.89. The fraction of sp³-hybridized carbons (Fsp3) is 0.567. The maximum atomic E-state index is 5.93. The van der Waals surface area contributed by atoms with Crippen molar-refractivity contribution in [3.8, 4) is 12.3 Å². The molecule has 3 rings (SSSR count). The molecule has 1 aliphatic heterocycles. The van der Waals surface area contributed by atoms with E-state index in [2.05, 4.69) is 70.1 Å². The quantitative estimate of drug-likeness (QED) is 0.287. The van der Waals surface area contributed by atoms with Crippen LogP contribution in [0.2, 0.25) is 0 Å². The van der Waals surface area contributed by atoms with Crippen LogP contribution in [0.15, 0.2) is 53.7 Å². The molecule has 0 radical (unpaired) electrons. The normalized spacial score (nSPS) is 22.7. The van der Waals surface area contributed by atoms with Crippen LogP contribution in [0.5, 0.6) is 0 Å². The number of allylic oxidation sites excluding steroid dienone is 1. The van der Waals surface area contributed by atoms with Crippen molar-refractivity contribution in [3.05, 3.63) is 48.7 Å². The summed E-state index contributed by atoms with van der Waals surface area (Å²) in [7, 11) is 4.85. The Kier molecular flexibility index (Phi) is 8.24. The fourth-order valence-corrected chi connectivity index (χ4v) is 6.11. The minimum atomic E-state index is 0.259. The van der Waals surface area contributed by atoms with Crippen LogP contribution in [0, 0.1) is 18.3 Å². The molecule has 3 heteroatoms. The van der Waals surface area contributed by atoms with Crippen molar-refractivity contribution in [1.29, 1.82) is 0 Å². The first-order valence-corrected chi connectivity index (χ1v) is 12.8. The molecule has 3 nitrogen and oxygen atoms in total. The summed E-state index contributed by atoms with van der Waals surface area (Å²) in [5, 5.41) is 0. The highest BCUT2D eigenvalue weighted by molar-refractivity contribution is 6.16. The van der Waals surface area contributed by atoms with E-state index in [1.165, 1.54) is 38.5 Å². The molecule has 0 spiro atoms. The average molecular weight is 447 g/mol. The van der Waals surface area contributed by atoms with Gasteiger partial charge in [0.05, 0.1) is 49.3 Å². The molecule has 4 atom stereocenters. The molecule has 0 aromatic heterocycles. The molecule has 1 aliphatic carbocycles. The van der Waals surface area contributed by atoms with Gasteiger partial charge in [-0.05, 0) is 56.7 Å². The topological polar surface area (TPSA) is 15.6 Å². The van der Waals surface area contributed by atoms with Crippen LogP contribution in [0.3, 0.4) is 0 Å². The van der Waals surface area contributed by atoms with E-state index < -0.39 is 0 Å². The summed E-state index contributed by atoms with van der Waals surface area (Å²) in [6.45, 7) is 15.2. The number of anilines is 1. The first-order chi connectivity index (χ1) is 15.7. The van der Waals surface area contributed by atoms with Crippen LogP contribution in [0.25, 0.3) is 0 Å². The number of para-hydroxylation sites is 2. The predicted octanol–water partition coefficient (Wildman–Crippen LogP) is 7.27. The number of benzene rings is 1. The van der Waals surface area contributed by atoms with Crippen LogP contribution < -0.4 is 4.90 Å². The molecule has 33 heavy (non-hydrogen) atoms. The van der Waals surface area contributed by atoms with Crippen molar-refractivity contribution in [2.24, 2.45) is 10.9 Å². The summed E-state index contributed by atoms with van der Waals surface area (Å²) in [4.78, 5) is 7.23. The third-order valence-corrected chi connectivity index (χ3v) is 8.08. The van der Waals surface area contributed by atoms with Gasteiger partial charge in [0.1, 0.15) is 6.04 Å². The summed E-state index contributed by atoms with van der Waals surface area (Å²) >= 11 is 0. The molecule has 0 saturated heterocycles. The van der Waals surface area contributed by atoms with Gasteiger partial charge in [-0.3, -0.25) is 0 Å². The van der Waals surface area contributed by atoms with Gasteiger partial charge in [0.2, 0.25) is 0 Å². The molecule has 1 aromatic carbocycles. The van der Waals surface area contributed by atoms with Crippen molar-refractivity contribution in [2.45, 2.75) is 90.3 Å². The van der Waals surface area contributed by atoms with E-state index >= 15 is 0 Å². The highest BCUT2D eigenvalue weighted by Gasteiger charge is 2.40. The molecule has 0 bridgehead atoms. The number of nitrogens with zero attached hydrogens (tertiary/aromatic N) is 3. The van der Waals surface area contributed by atoms with E-state index in [0.717, 1.165) is 51.6 Å². The summed E-state index contributed by atoms with van der Waals surface area (Å²) < 4.78 is 1.01. The molecule has 0 N–H and O–H groups in total. The lowest BCUT2D eigenvalue weighted by atomic mass is 9.80. The minimum absolute atomic E-state index is 0.259. The van der Waals surface area contributed by atoms with E-state index in [-0.39, 0.29) is 6.04 Å². The Hall–Kier alpha value is -2.31. The number of terminal acetylenes is 1. The molecule has 1 heterocycles. The lowest BCUT2D eigenvalue weighted by Crippen LogP contribution is -2.58. The highest BCUT2D eigenvalue weighted by atomic mass is 15.4.